The number of benzene rings is 2. The Morgan fingerprint density at radius 3 is 2.60 bits per heavy atom. The fourth-order valence-corrected chi connectivity index (χ4v) is 2.00. The highest BCUT2D eigenvalue weighted by molar-refractivity contribution is 6.31. The van der Waals surface area contributed by atoms with Crippen LogP contribution < -0.4 is 5.32 Å². The Kier molecular flexibility index (Phi) is 4.39. The van der Waals surface area contributed by atoms with Crippen molar-refractivity contribution < 1.29 is 4.79 Å². The first-order chi connectivity index (χ1) is 9.61. The number of carbonyl (C=O) groups is 1. The van der Waals surface area contributed by atoms with Crippen LogP contribution in [-0.2, 0) is 6.54 Å². The van der Waals surface area contributed by atoms with Crippen molar-refractivity contribution in [2.24, 2.45) is 0 Å². The summed E-state index contributed by atoms with van der Waals surface area (Å²) in [5.41, 5.74) is 2.89. The van der Waals surface area contributed by atoms with Gasteiger partial charge >= 0.3 is 0 Å². The summed E-state index contributed by atoms with van der Waals surface area (Å²) in [5, 5.41) is 12.1. The average molecular weight is 285 g/mol. The number of rotatable bonds is 3. The van der Waals surface area contributed by atoms with Gasteiger partial charge in [-0.25, -0.2) is 0 Å². The molecule has 0 unspecified atom stereocenters. The SMILES string of the molecule is Cc1c(Cl)cccc1C(=O)NCc1ccc(C#N)cc1. The summed E-state index contributed by atoms with van der Waals surface area (Å²) in [6.07, 6.45) is 0. The minimum Gasteiger partial charge on any atom is -0.348 e. The van der Waals surface area contributed by atoms with Crippen molar-refractivity contribution in [3.63, 3.8) is 0 Å². The number of nitrogens with zero attached hydrogens (tertiary/aromatic N) is 1. The average Bonchev–Trinajstić information content (AvgIpc) is 2.48. The molecule has 0 heterocycles. The fraction of sp³-hybridized carbons (Fsp3) is 0.125. The van der Waals surface area contributed by atoms with Crippen LogP contribution >= 0.6 is 11.6 Å². The molecular formula is C16H13ClN2O. The molecule has 0 aliphatic heterocycles. The molecule has 0 bridgehead atoms. The van der Waals surface area contributed by atoms with Crippen molar-refractivity contribution in [2.75, 3.05) is 0 Å². The lowest BCUT2D eigenvalue weighted by molar-refractivity contribution is 0.0950. The standard InChI is InChI=1S/C16H13ClN2O/c1-11-14(3-2-4-15(11)17)16(20)19-10-13-7-5-12(9-18)6-8-13/h2-8H,10H2,1H3,(H,19,20). The summed E-state index contributed by atoms with van der Waals surface area (Å²) in [6, 6.07) is 14.4. The minimum absolute atomic E-state index is 0.158. The Hall–Kier alpha value is -2.31. The summed E-state index contributed by atoms with van der Waals surface area (Å²) in [6.45, 7) is 2.23. The number of hydrogen-bond donors (Lipinski definition) is 1. The first-order valence-corrected chi connectivity index (χ1v) is 6.52. The third-order valence-corrected chi connectivity index (χ3v) is 3.46. The second-order valence-electron chi connectivity index (χ2n) is 4.40. The van der Waals surface area contributed by atoms with Crippen LogP contribution in [0.4, 0.5) is 0 Å². The number of amides is 1. The highest BCUT2D eigenvalue weighted by atomic mass is 35.5. The van der Waals surface area contributed by atoms with E-state index in [4.69, 9.17) is 16.9 Å². The van der Waals surface area contributed by atoms with Gasteiger partial charge in [-0.3, -0.25) is 4.79 Å². The zero-order chi connectivity index (χ0) is 14.5. The van der Waals surface area contributed by atoms with E-state index in [1.54, 1.807) is 30.3 Å². The van der Waals surface area contributed by atoms with Gasteiger partial charge in [-0.1, -0.05) is 29.8 Å². The van der Waals surface area contributed by atoms with Crippen LogP contribution in [0, 0.1) is 18.3 Å². The Bertz CT molecular complexity index is 672. The Balaban J connectivity index is 2.05. The van der Waals surface area contributed by atoms with E-state index in [1.165, 1.54) is 0 Å². The van der Waals surface area contributed by atoms with E-state index < -0.39 is 0 Å². The lowest BCUT2D eigenvalue weighted by Gasteiger charge is -2.08. The fourth-order valence-electron chi connectivity index (χ4n) is 1.83. The quantitative estimate of drug-likeness (QED) is 0.938. The van der Waals surface area contributed by atoms with E-state index in [0.29, 0.717) is 22.7 Å². The van der Waals surface area contributed by atoms with Crippen LogP contribution in [0.3, 0.4) is 0 Å². The second-order valence-corrected chi connectivity index (χ2v) is 4.81. The van der Waals surface area contributed by atoms with Crippen molar-refractivity contribution in [1.82, 2.24) is 5.32 Å². The maximum atomic E-state index is 12.1. The molecule has 0 aliphatic carbocycles. The van der Waals surface area contributed by atoms with Crippen LogP contribution in [0.5, 0.6) is 0 Å². The number of hydrogen-bond acceptors (Lipinski definition) is 2. The first-order valence-electron chi connectivity index (χ1n) is 6.14. The van der Waals surface area contributed by atoms with Gasteiger partial charge in [0.2, 0.25) is 0 Å². The summed E-state index contributed by atoms with van der Waals surface area (Å²) in [4.78, 5) is 12.1. The highest BCUT2D eigenvalue weighted by Gasteiger charge is 2.10. The zero-order valence-corrected chi connectivity index (χ0v) is 11.7. The summed E-state index contributed by atoms with van der Waals surface area (Å²) >= 11 is 6.00. The molecular weight excluding hydrogens is 272 g/mol. The van der Waals surface area contributed by atoms with Crippen LogP contribution in [0.2, 0.25) is 5.02 Å². The van der Waals surface area contributed by atoms with E-state index >= 15 is 0 Å². The molecule has 1 N–H and O–H groups in total. The van der Waals surface area contributed by atoms with E-state index in [0.717, 1.165) is 11.1 Å². The molecule has 0 atom stereocenters. The molecule has 0 fully saturated rings. The molecule has 100 valence electrons. The molecule has 0 aliphatic rings. The van der Waals surface area contributed by atoms with Gasteiger partial charge in [0.1, 0.15) is 0 Å². The molecule has 4 heteroatoms. The van der Waals surface area contributed by atoms with Crippen molar-refractivity contribution in [3.05, 3.63) is 69.7 Å². The van der Waals surface area contributed by atoms with Crippen molar-refractivity contribution in [3.8, 4) is 6.07 Å². The van der Waals surface area contributed by atoms with Gasteiger partial charge in [0, 0.05) is 17.1 Å². The van der Waals surface area contributed by atoms with Crippen molar-refractivity contribution >= 4 is 17.5 Å². The number of nitrogens with one attached hydrogen (secondary N) is 1. The third-order valence-electron chi connectivity index (χ3n) is 3.05. The van der Waals surface area contributed by atoms with Crippen molar-refractivity contribution in [2.45, 2.75) is 13.5 Å². The largest absolute Gasteiger partial charge is 0.348 e. The van der Waals surface area contributed by atoms with Crippen LogP contribution in [0.15, 0.2) is 42.5 Å². The Morgan fingerprint density at radius 2 is 1.95 bits per heavy atom. The zero-order valence-electron chi connectivity index (χ0n) is 11.0. The lowest BCUT2D eigenvalue weighted by atomic mass is 10.1. The lowest BCUT2D eigenvalue weighted by Crippen LogP contribution is -2.23. The normalized spacial score (nSPS) is 9.85. The van der Waals surface area contributed by atoms with Gasteiger partial charge in [-0.05, 0) is 42.3 Å². The summed E-state index contributed by atoms with van der Waals surface area (Å²) in [7, 11) is 0. The molecule has 1 amide bonds. The van der Waals surface area contributed by atoms with Crippen LogP contribution in [0.25, 0.3) is 0 Å². The Labute approximate surface area is 122 Å². The maximum absolute atomic E-state index is 12.1. The molecule has 0 radical (unpaired) electrons. The van der Waals surface area contributed by atoms with Gasteiger partial charge < -0.3 is 5.32 Å². The molecule has 2 rings (SSSR count). The monoisotopic (exact) mass is 284 g/mol. The number of halogens is 1. The minimum atomic E-state index is -0.158. The highest BCUT2D eigenvalue weighted by Crippen LogP contribution is 2.18. The predicted molar refractivity (Wildman–Crippen MR) is 78.5 cm³/mol. The van der Waals surface area contributed by atoms with E-state index in [9.17, 15) is 4.79 Å². The smallest absolute Gasteiger partial charge is 0.251 e. The van der Waals surface area contributed by atoms with E-state index in [2.05, 4.69) is 11.4 Å². The van der Waals surface area contributed by atoms with E-state index in [-0.39, 0.29) is 5.91 Å². The first kappa shape index (κ1) is 14.1. The molecule has 0 saturated heterocycles. The maximum Gasteiger partial charge on any atom is 0.251 e. The number of carbonyl (C=O) groups excluding carboxylic acids is 1. The van der Waals surface area contributed by atoms with Gasteiger partial charge in [0.05, 0.1) is 11.6 Å². The molecule has 3 nitrogen and oxygen atoms in total. The predicted octanol–water partition coefficient (Wildman–Crippen LogP) is 3.45. The van der Waals surface area contributed by atoms with Crippen molar-refractivity contribution in [1.29, 1.82) is 5.26 Å². The summed E-state index contributed by atoms with van der Waals surface area (Å²) < 4.78 is 0. The number of nitriles is 1. The topological polar surface area (TPSA) is 52.9 Å². The van der Waals surface area contributed by atoms with Gasteiger partial charge in [0.25, 0.3) is 5.91 Å². The third kappa shape index (κ3) is 3.17. The molecule has 2 aromatic rings. The second kappa shape index (κ2) is 6.23. The summed E-state index contributed by atoms with van der Waals surface area (Å²) in [5.74, 6) is -0.158. The van der Waals surface area contributed by atoms with Gasteiger partial charge in [0.15, 0.2) is 0 Å². The molecule has 20 heavy (non-hydrogen) atoms. The molecule has 0 aromatic heterocycles. The van der Waals surface area contributed by atoms with Gasteiger partial charge in [-0.2, -0.15) is 5.26 Å². The Morgan fingerprint density at radius 1 is 1.25 bits per heavy atom. The molecule has 0 saturated carbocycles. The van der Waals surface area contributed by atoms with Crippen LogP contribution in [0.1, 0.15) is 27.0 Å². The molecule has 2 aromatic carbocycles. The van der Waals surface area contributed by atoms with E-state index in [1.807, 2.05) is 19.1 Å². The van der Waals surface area contributed by atoms with Crippen LogP contribution in [-0.4, -0.2) is 5.91 Å². The van der Waals surface area contributed by atoms with Gasteiger partial charge in [-0.15, -0.1) is 0 Å². The molecule has 0 spiro atoms.